The highest BCUT2D eigenvalue weighted by Gasteiger charge is 2.06. The average molecular weight is 239 g/mol. The summed E-state index contributed by atoms with van der Waals surface area (Å²) in [7, 11) is 0. The lowest BCUT2D eigenvalue weighted by atomic mass is 10.1. The van der Waals surface area contributed by atoms with Crippen LogP contribution in [-0.4, -0.2) is 16.2 Å². The minimum atomic E-state index is -1.24. The Kier molecular flexibility index (Phi) is 2.98. The summed E-state index contributed by atoms with van der Waals surface area (Å²) in [4.78, 5) is 13.7. The predicted molar refractivity (Wildman–Crippen MR) is 67.8 cm³/mol. The number of phenols is 1. The SMILES string of the molecule is [C-]#[N+]/C(=C\c1ccc2cc(O)ccc2c1)C(=O)O. The number of benzene rings is 2. The molecule has 0 atom stereocenters. The Morgan fingerprint density at radius 2 is 1.83 bits per heavy atom. The van der Waals surface area contributed by atoms with E-state index in [0.717, 1.165) is 10.8 Å². The van der Waals surface area contributed by atoms with Gasteiger partial charge in [0.25, 0.3) is 5.70 Å². The Morgan fingerprint density at radius 1 is 1.17 bits per heavy atom. The molecule has 0 radical (unpaired) electrons. The van der Waals surface area contributed by atoms with Gasteiger partial charge in [-0.15, -0.1) is 0 Å². The lowest BCUT2D eigenvalue weighted by Gasteiger charge is -2.01. The summed E-state index contributed by atoms with van der Waals surface area (Å²) in [6.07, 6.45) is 1.32. The van der Waals surface area contributed by atoms with E-state index in [1.165, 1.54) is 6.08 Å². The standard InChI is InChI=1S/C14H9NO3/c1-15-13(14(17)18)7-9-2-3-11-8-12(16)5-4-10(11)6-9/h2-8,16H,(H,17,18)/b13-7-. The summed E-state index contributed by atoms with van der Waals surface area (Å²) in [5, 5.41) is 19.8. The maximum atomic E-state index is 10.7. The number of carbonyl (C=O) groups is 1. The van der Waals surface area contributed by atoms with Crippen LogP contribution in [0, 0.1) is 6.57 Å². The molecule has 88 valence electrons. The topological polar surface area (TPSA) is 61.9 Å². The summed E-state index contributed by atoms with van der Waals surface area (Å²) in [6.45, 7) is 6.77. The maximum Gasteiger partial charge on any atom is 0.333 e. The Balaban J connectivity index is 2.52. The molecule has 0 unspecified atom stereocenters. The number of hydrogen-bond acceptors (Lipinski definition) is 2. The number of hydrogen-bond donors (Lipinski definition) is 2. The van der Waals surface area contributed by atoms with Crippen LogP contribution in [0.5, 0.6) is 5.75 Å². The smallest absolute Gasteiger partial charge is 0.333 e. The fourth-order valence-corrected chi connectivity index (χ4v) is 1.64. The van der Waals surface area contributed by atoms with Crippen LogP contribution in [0.4, 0.5) is 0 Å². The van der Waals surface area contributed by atoms with E-state index in [0.29, 0.717) is 5.56 Å². The quantitative estimate of drug-likeness (QED) is 0.625. The second kappa shape index (κ2) is 4.60. The minimum Gasteiger partial charge on any atom is -0.508 e. The first kappa shape index (κ1) is 11.7. The number of rotatable bonds is 2. The molecule has 0 bridgehead atoms. The van der Waals surface area contributed by atoms with Gasteiger partial charge in [0, 0.05) is 0 Å². The Morgan fingerprint density at radius 3 is 2.50 bits per heavy atom. The molecule has 4 heteroatoms. The van der Waals surface area contributed by atoms with Gasteiger partial charge in [-0.3, -0.25) is 4.79 Å². The number of aliphatic carboxylic acids is 1. The van der Waals surface area contributed by atoms with Crippen molar-refractivity contribution in [2.45, 2.75) is 0 Å². The zero-order valence-corrected chi connectivity index (χ0v) is 9.29. The summed E-state index contributed by atoms with van der Waals surface area (Å²) in [5.41, 5.74) is 0.315. The molecule has 0 spiro atoms. The van der Waals surface area contributed by atoms with Crippen molar-refractivity contribution in [1.29, 1.82) is 0 Å². The monoisotopic (exact) mass is 239 g/mol. The first-order valence-electron chi connectivity index (χ1n) is 5.15. The van der Waals surface area contributed by atoms with E-state index < -0.39 is 5.97 Å². The van der Waals surface area contributed by atoms with Crippen molar-refractivity contribution in [2.24, 2.45) is 0 Å². The highest BCUT2D eigenvalue weighted by Crippen LogP contribution is 2.22. The second-order valence-electron chi connectivity index (χ2n) is 3.74. The first-order chi connectivity index (χ1) is 8.60. The molecular weight excluding hydrogens is 230 g/mol. The molecule has 0 aliphatic carbocycles. The van der Waals surface area contributed by atoms with Crippen molar-refractivity contribution < 1.29 is 15.0 Å². The highest BCUT2D eigenvalue weighted by molar-refractivity contribution is 5.95. The number of carboxylic acid groups (broad SMARTS) is 1. The van der Waals surface area contributed by atoms with Gasteiger partial charge in [-0.1, -0.05) is 18.2 Å². The Labute approximate surface area is 103 Å². The van der Waals surface area contributed by atoms with E-state index in [-0.39, 0.29) is 11.4 Å². The molecule has 0 amide bonds. The Hall–Kier alpha value is -2.80. The number of phenolic OH excluding ortho intramolecular Hbond substituents is 1. The van der Waals surface area contributed by atoms with Crippen LogP contribution in [0.2, 0.25) is 0 Å². The zero-order valence-electron chi connectivity index (χ0n) is 9.29. The summed E-state index contributed by atoms with van der Waals surface area (Å²) in [5.74, 6) is -1.06. The molecule has 0 aliphatic rings. The van der Waals surface area contributed by atoms with Gasteiger partial charge in [-0.05, 0) is 40.6 Å². The van der Waals surface area contributed by atoms with Gasteiger partial charge < -0.3 is 10.2 Å². The second-order valence-corrected chi connectivity index (χ2v) is 3.74. The summed E-state index contributed by atoms with van der Waals surface area (Å²) >= 11 is 0. The highest BCUT2D eigenvalue weighted by atomic mass is 16.4. The van der Waals surface area contributed by atoms with Crippen LogP contribution in [0.25, 0.3) is 21.7 Å². The maximum absolute atomic E-state index is 10.7. The predicted octanol–water partition coefficient (Wildman–Crippen LogP) is 2.89. The van der Waals surface area contributed by atoms with Crippen molar-refractivity contribution in [2.75, 3.05) is 0 Å². The normalized spacial score (nSPS) is 11.2. The molecule has 2 aromatic rings. The van der Waals surface area contributed by atoms with Crippen molar-refractivity contribution in [3.63, 3.8) is 0 Å². The lowest BCUT2D eigenvalue weighted by molar-refractivity contribution is -0.132. The van der Waals surface area contributed by atoms with Gasteiger partial charge in [-0.2, -0.15) is 0 Å². The van der Waals surface area contributed by atoms with Crippen molar-refractivity contribution in [1.82, 2.24) is 0 Å². The van der Waals surface area contributed by atoms with Crippen molar-refractivity contribution in [3.8, 4) is 5.75 Å². The summed E-state index contributed by atoms with van der Waals surface area (Å²) in [6, 6.07) is 10.2. The van der Waals surface area contributed by atoms with Crippen LogP contribution < -0.4 is 0 Å². The molecule has 2 rings (SSSR count). The number of carboxylic acids is 1. The molecule has 0 saturated carbocycles. The Bertz CT molecular complexity index is 696. The largest absolute Gasteiger partial charge is 0.508 e. The molecule has 0 heterocycles. The number of aromatic hydroxyl groups is 1. The van der Waals surface area contributed by atoms with E-state index in [1.807, 2.05) is 0 Å². The molecule has 0 fully saturated rings. The zero-order chi connectivity index (χ0) is 13.1. The summed E-state index contributed by atoms with van der Waals surface area (Å²) < 4.78 is 0. The van der Waals surface area contributed by atoms with Crippen molar-refractivity contribution in [3.05, 3.63) is 59.1 Å². The third kappa shape index (κ3) is 2.30. The van der Waals surface area contributed by atoms with E-state index >= 15 is 0 Å². The number of nitrogens with zero attached hydrogens (tertiary/aromatic N) is 1. The first-order valence-corrected chi connectivity index (χ1v) is 5.15. The van der Waals surface area contributed by atoms with E-state index in [9.17, 15) is 9.90 Å². The van der Waals surface area contributed by atoms with Gasteiger partial charge in [-0.25, -0.2) is 4.85 Å². The number of fused-ring (bicyclic) bond motifs is 1. The van der Waals surface area contributed by atoms with Crippen LogP contribution in [0.3, 0.4) is 0 Å². The van der Waals surface area contributed by atoms with Crippen molar-refractivity contribution >= 4 is 22.8 Å². The molecule has 2 N–H and O–H groups in total. The lowest BCUT2D eigenvalue weighted by Crippen LogP contribution is -1.95. The van der Waals surface area contributed by atoms with Crippen LogP contribution in [-0.2, 0) is 4.79 Å². The average Bonchev–Trinajstić information content (AvgIpc) is 2.35. The molecule has 18 heavy (non-hydrogen) atoms. The fraction of sp³-hybridized carbons (Fsp3) is 0. The van der Waals surface area contributed by atoms with E-state index in [4.69, 9.17) is 11.7 Å². The van der Waals surface area contributed by atoms with Crippen LogP contribution in [0.15, 0.2) is 42.1 Å². The van der Waals surface area contributed by atoms with E-state index in [1.54, 1.807) is 36.4 Å². The van der Waals surface area contributed by atoms with E-state index in [2.05, 4.69) is 4.85 Å². The van der Waals surface area contributed by atoms with Crippen LogP contribution >= 0.6 is 0 Å². The van der Waals surface area contributed by atoms with Gasteiger partial charge in [0.15, 0.2) is 0 Å². The molecule has 0 aromatic heterocycles. The molecule has 0 saturated heterocycles. The third-order valence-electron chi connectivity index (χ3n) is 2.49. The van der Waals surface area contributed by atoms with Crippen LogP contribution in [0.1, 0.15) is 5.56 Å². The third-order valence-corrected chi connectivity index (χ3v) is 2.49. The molecule has 0 aliphatic heterocycles. The minimum absolute atomic E-state index is 0.179. The van der Waals surface area contributed by atoms with Gasteiger partial charge in [0.05, 0.1) is 6.57 Å². The molecule has 2 aromatic carbocycles. The molecular formula is C14H9NO3. The van der Waals surface area contributed by atoms with Gasteiger partial charge >= 0.3 is 5.97 Å². The van der Waals surface area contributed by atoms with Gasteiger partial charge in [0.2, 0.25) is 0 Å². The molecule has 4 nitrogen and oxygen atoms in total. The van der Waals surface area contributed by atoms with Gasteiger partial charge in [0.1, 0.15) is 5.75 Å². The fourth-order valence-electron chi connectivity index (χ4n) is 1.64.